The molecule has 0 aliphatic carbocycles. The van der Waals surface area contributed by atoms with Crippen LogP contribution in [0.1, 0.15) is 38.1 Å². The molecule has 3 nitrogen and oxygen atoms in total. The second-order valence-corrected chi connectivity index (χ2v) is 5.05. The van der Waals surface area contributed by atoms with Crippen molar-refractivity contribution < 1.29 is 4.79 Å². The van der Waals surface area contributed by atoms with Gasteiger partial charge in [0, 0.05) is 24.7 Å². The largest absolute Gasteiger partial charge is 0.274 e. The summed E-state index contributed by atoms with van der Waals surface area (Å²) in [6.07, 6.45) is 3.55. The van der Waals surface area contributed by atoms with Gasteiger partial charge in [-0.05, 0) is 23.1 Å². The number of nitrogens with zero attached hydrogens (tertiary/aromatic N) is 2. The predicted molar refractivity (Wildman–Crippen MR) is 64.7 cm³/mol. The van der Waals surface area contributed by atoms with E-state index in [2.05, 4.69) is 25.8 Å². The van der Waals surface area contributed by atoms with E-state index in [1.807, 2.05) is 12.1 Å². The fourth-order valence-electron chi connectivity index (χ4n) is 1.95. The van der Waals surface area contributed by atoms with Crippen molar-refractivity contribution in [3.63, 3.8) is 0 Å². The minimum Gasteiger partial charge on any atom is -0.274 e. The van der Waals surface area contributed by atoms with Crippen molar-refractivity contribution in [2.45, 2.75) is 33.1 Å². The first-order valence-corrected chi connectivity index (χ1v) is 5.39. The zero-order valence-corrected chi connectivity index (χ0v) is 10.1. The molecule has 2 heterocycles. The highest BCUT2D eigenvalue weighted by Gasteiger charge is 2.18. The molecule has 0 N–H and O–H groups in total. The van der Waals surface area contributed by atoms with Crippen LogP contribution in [0.25, 0.3) is 11.0 Å². The molecule has 0 amide bonds. The van der Waals surface area contributed by atoms with Gasteiger partial charge in [-0.3, -0.25) is 9.36 Å². The van der Waals surface area contributed by atoms with Crippen molar-refractivity contribution in [2.24, 2.45) is 0 Å². The predicted octanol–water partition coefficient (Wildman–Crippen LogP) is 2.99. The molecule has 0 spiro atoms. The third kappa shape index (κ3) is 1.62. The Balaban J connectivity index is 2.77. The molecule has 0 aliphatic rings. The van der Waals surface area contributed by atoms with Crippen molar-refractivity contribution in [3.05, 3.63) is 30.1 Å². The van der Waals surface area contributed by atoms with E-state index in [4.69, 9.17) is 0 Å². The summed E-state index contributed by atoms with van der Waals surface area (Å²) in [7, 11) is 0. The SMILES string of the molecule is CC(=O)n1ccc2c(C(C)(C)C)ccnc21. The molecule has 0 unspecified atom stereocenters. The highest BCUT2D eigenvalue weighted by atomic mass is 16.1. The van der Waals surface area contributed by atoms with Crippen LogP contribution in [0.2, 0.25) is 0 Å². The lowest BCUT2D eigenvalue weighted by Crippen LogP contribution is -2.12. The average molecular weight is 216 g/mol. The fraction of sp³-hybridized carbons (Fsp3) is 0.385. The van der Waals surface area contributed by atoms with Crippen LogP contribution in [0.15, 0.2) is 24.5 Å². The maximum absolute atomic E-state index is 11.4. The Hall–Kier alpha value is -1.64. The Bertz CT molecular complexity index is 547. The van der Waals surface area contributed by atoms with Crippen LogP contribution in [0.4, 0.5) is 0 Å². The fourth-order valence-corrected chi connectivity index (χ4v) is 1.95. The summed E-state index contributed by atoms with van der Waals surface area (Å²) in [4.78, 5) is 15.7. The molecular weight excluding hydrogens is 200 g/mol. The van der Waals surface area contributed by atoms with Crippen LogP contribution in [0.3, 0.4) is 0 Å². The van der Waals surface area contributed by atoms with E-state index in [1.165, 1.54) is 5.56 Å². The number of aromatic nitrogens is 2. The van der Waals surface area contributed by atoms with Gasteiger partial charge in [0.25, 0.3) is 0 Å². The van der Waals surface area contributed by atoms with Crippen molar-refractivity contribution in [2.75, 3.05) is 0 Å². The van der Waals surface area contributed by atoms with Gasteiger partial charge in [0.1, 0.15) is 5.65 Å². The molecule has 2 aromatic heterocycles. The van der Waals surface area contributed by atoms with E-state index in [1.54, 1.807) is 23.9 Å². The second-order valence-electron chi connectivity index (χ2n) is 5.05. The number of fused-ring (bicyclic) bond motifs is 1. The molecule has 16 heavy (non-hydrogen) atoms. The molecule has 2 rings (SSSR count). The van der Waals surface area contributed by atoms with Gasteiger partial charge in [0.15, 0.2) is 0 Å². The summed E-state index contributed by atoms with van der Waals surface area (Å²) in [5, 5.41) is 1.06. The first-order valence-electron chi connectivity index (χ1n) is 5.39. The molecule has 0 saturated heterocycles. The van der Waals surface area contributed by atoms with Gasteiger partial charge in [0.2, 0.25) is 5.91 Å². The van der Waals surface area contributed by atoms with Crippen LogP contribution in [-0.2, 0) is 5.41 Å². The lowest BCUT2D eigenvalue weighted by atomic mass is 9.86. The van der Waals surface area contributed by atoms with Crippen molar-refractivity contribution >= 4 is 16.9 Å². The lowest BCUT2D eigenvalue weighted by molar-refractivity contribution is 0.0941. The highest BCUT2D eigenvalue weighted by molar-refractivity contribution is 5.91. The Morgan fingerprint density at radius 2 is 2.00 bits per heavy atom. The zero-order valence-electron chi connectivity index (χ0n) is 10.1. The molecule has 0 bridgehead atoms. The molecule has 0 fully saturated rings. The van der Waals surface area contributed by atoms with Crippen molar-refractivity contribution in [1.29, 1.82) is 0 Å². The third-order valence-corrected chi connectivity index (χ3v) is 2.73. The Morgan fingerprint density at radius 1 is 1.31 bits per heavy atom. The van der Waals surface area contributed by atoms with Crippen LogP contribution in [0, 0.1) is 0 Å². The Labute approximate surface area is 95.1 Å². The van der Waals surface area contributed by atoms with Gasteiger partial charge in [-0.15, -0.1) is 0 Å². The molecule has 0 radical (unpaired) electrons. The van der Waals surface area contributed by atoms with Crippen LogP contribution in [-0.4, -0.2) is 15.5 Å². The average Bonchev–Trinajstić information content (AvgIpc) is 2.58. The summed E-state index contributed by atoms with van der Waals surface area (Å²) in [5.74, 6) is -0.00596. The number of carbonyl (C=O) groups is 1. The molecular formula is C13H16N2O. The molecule has 0 aliphatic heterocycles. The van der Waals surface area contributed by atoms with Gasteiger partial charge in [-0.1, -0.05) is 20.8 Å². The summed E-state index contributed by atoms with van der Waals surface area (Å²) < 4.78 is 1.59. The molecule has 2 aromatic rings. The number of hydrogen-bond donors (Lipinski definition) is 0. The van der Waals surface area contributed by atoms with E-state index in [0.29, 0.717) is 0 Å². The molecule has 0 atom stereocenters. The third-order valence-electron chi connectivity index (χ3n) is 2.73. The summed E-state index contributed by atoms with van der Waals surface area (Å²) in [6.45, 7) is 8.03. The quantitative estimate of drug-likeness (QED) is 0.678. The van der Waals surface area contributed by atoms with E-state index in [0.717, 1.165) is 11.0 Å². The number of carbonyl (C=O) groups excluding carboxylic acids is 1. The summed E-state index contributed by atoms with van der Waals surface area (Å²) >= 11 is 0. The lowest BCUT2D eigenvalue weighted by Gasteiger charge is -2.19. The van der Waals surface area contributed by atoms with Gasteiger partial charge >= 0.3 is 0 Å². The number of pyridine rings is 1. The van der Waals surface area contributed by atoms with Crippen molar-refractivity contribution in [3.8, 4) is 0 Å². The Kier molecular flexibility index (Phi) is 2.34. The van der Waals surface area contributed by atoms with Gasteiger partial charge < -0.3 is 0 Å². The molecule has 0 saturated carbocycles. The summed E-state index contributed by atoms with van der Waals surface area (Å²) in [6, 6.07) is 3.98. The molecule has 84 valence electrons. The van der Waals surface area contributed by atoms with Crippen LogP contribution >= 0.6 is 0 Å². The van der Waals surface area contributed by atoms with E-state index < -0.39 is 0 Å². The Morgan fingerprint density at radius 3 is 2.56 bits per heavy atom. The number of hydrogen-bond acceptors (Lipinski definition) is 2. The second kappa shape index (κ2) is 3.44. The van der Waals surface area contributed by atoms with Crippen LogP contribution in [0.5, 0.6) is 0 Å². The highest BCUT2D eigenvalue weighted by Crippen LogP contribution is 2.29. The normalized spacial score (nSPS) is 12.0. The first-order chi connectivity index (χ1) is 7.41. The minimum atomic E-state index is -0.00596. The van der Waals surface area contributed by atoms with Gasteiger partial charge in [-0.25, -0.2) is 4.98 Å². The van der Waals surface area contributed by atoms with Gasteiger partial charge in [0.05, 0.1) is 0 Å². The maximum Gasteiger partial charge on any atom is 0.229 e. The van der Waals surface area contributed by atoms with Crippen LogP contribution < -0.4 is 0 Å². The van der Waals surface area contributed by atoms with E-state index in [9.17, 15) is 4.79 Å². The zero-order chi connectivity index (χ0) is 11.9. The van der Waals surface area contributed by atoms with E-state index in [-0.39, 0.29) is 11.3 Å². The first kappa shape index (κ1) is 10.9. The minimum absolute atomic E-state index is 0.00596. The summed E-state index contributed by atoms with van der Waals surface area (Å²) in [5.41, 5.74) is 2.03. The topological polar surface area (TPSA) is 34.9 Å². The smallest absolute Gasteiger partial charge is 0.229 e. The molecule has 3 heteroatoms. The standard InChI is InChI=1S/C13H16N2O/c1-9(16)15-8-6-10-11(13(2,3)4)5-7-14-12(10)15/h5-8H,1-4H3. The van der Waals surface area contributed by atoms with Gasteiger partial charge in [-0.2, -0.15) is 0 Å². The van der Waals surface area contributed by atoms with E-state index >= 15 is 0 Å². The van der Waals surface area contributed by atoms with Crippen molar-refractivity contribution in [1.82, 2.24) is 9.55 Å². The maximum atomic E-state index is 11.4. The monoisotopic (exact) mass is 216 g/mol. The number of rotatable bonds is 0. The molecule has 0 aromatic carbocycles.